The number of benzene rings is 1. The van der Waals surface area contributed by atoms with Crippen LogP contribution in [-0.4, -0.2) is 35.9 Å². The summed E-state index contributed by atoms with van der Waals surface area (Å²) in [7, 11) is 0. The van der Waals surface area contributed by atoms with Crippen LogP contribution in [0.1, 0.15) is 33.3 Å². The van der Waals surface area contributed by atoms with Gasteiger partial charge < -0.3 is 15.3 Å². The maximum Gasteiger partial charge on any atom is 0.0839 e. The largest absolute Gasteiger partial charge is 0.390 e. The molecule has 0 bridgehead atoms. The molecule has 1 aromatic carbocycles. The Morgan fingerprint density at radius 2 is 2.05 bits per heavy atom. The summed E-state index contributed by atoms with van der Waals surface area (Å²) in [5.41, 5.74) is 2.73. The molecule has 0 saturated carbocycles. The molecule has 3 heteroatoms. The Morgan fingerprint density at radius 3 is 2.74 bits per heavy atom. The number of anilines is 1. The Balaban J connectivity index is 1.96. The first-order chi connectivity index (χ1) is 8.87. The highest BCUT2D eigenvalue weighted by Gasteiger charge is 2.27. The van der Waals surface area contributed by atoms with Gasteiger partial charge in [0.15, 0.2) is 0 Å². The molecule has 1 aliphatic heterocycles. The van der Waals surface area contributed by atoms with Crippen molar-refractivity contribution in [2.75, 3.05) is 18.0 Å². The smallest absolute Gasteiger partial charge is 0.0839 e. The molecule has 0 fully saturated rings. The maximum atomic E-state index is 10.2. The van der Waals surface area contributed by atoms with E-state index in [1.54, 1.807) is 0 Å². The predicted octanol–water partition coefficient (Wildman–Crippen LogP) is 2.19. The zero-order valence-electron chi connectivity index (χ0n) is 12.5. The number of hydrogen-bond acceptors (Lipinski definition) is 3. The first-order valence-electron chi connectivity index (χ1n) is 7.14. The van der Waals surface area contributed by atoms with Crippen molar-refractivity contribution in [1.29, 1.82) is 0 Å². The van der Waals surface area contributed by atoms with Crippen LogP contribution in [0.25, 0.3) is 0 Å². The molecule has 1 heterocycles. The average Bonchev–Trinajstić information content (AvgIpc) is 2.63. The van der Waals surface area contributed by atoms with Gasteiger partial charge in [0, 0.05) is 30.4 Å². The highest BCUT2D eigenvalue weighted by atomic mass is 16.3. The molecule has 2 N–H and O–H groups in total. The predicted molar refractivity (Wildman–Crippen MR) is 80.7 cm³/mol. The van der Waals surface area contributed by atoms with E-state index in [4.69, 9.17) is 0 Å². The number of aliphatic hydroxyl groups is 1. The van der Waals surface area contributed by atoms with Crippen LogP contribution < -0.4 is 10.2 Å². The molecular weight excluding hydrogens is 236 g/mol. The van der Waals surface area contributed by atoms with Gasteiger partial charge in [-0.15, -0.1) is 0 Å². The second-order valence-electron chi connectivity index (χ2n) is 6.62. The van der Waals surface area contributed by atoms with Gasteiger partial charge in [-0.3, -0.25) is 0 Å². The first-order valence-corrected chi connectivity index (χ1v) is 7.14. The number of aliphatic hydroxyl groups excluding tert-OH is 1. The number of nitrogens with zero attached hydrogens (tertiary/aromatic N) is 1. The van der Waals surface area contributed by atoms with Gasteiger partial charge >= 0.3 is 0 Å². The van der Waals surface area contributed by atoms with Gasteiger partial charge in [0.2, 0.25) is 0 Å². The zero-order chi connectivity index (χ0) is 14.0. The van der Waals surface area contributed by atoms with Crippen LogP contribution in [0.5, 0.6) is 0 Å². The molecule has 1 aromatic rings. The van der Waals surface area contributed by atoms with Crippen molar-refractivity contribution in [1.82, 2.24) is 5.32 Å². The first kappa shape index (κ1) is 14.4. The fourth-order valence-corrected chi connectivity index (χ4v) is 2.62. The molecule has 106 valence electrons. The van der Waals surface area contributed by atoms with E-state index in [-0.39, 0.29) is 11.6 Å². The number of rotatable bonds is 4. The molecule has 0 aliphatic carbocycles. The molecule has 2 rings (SSSR count). The lowest BCUT2D eigenvalue weighted by Crippen LogP contribution is -2.45. The van der Waals surface area contributed by atoms with Crippen molar-refractivity contribution >= 4 is 5.69 Å². The van der Waals surface area contributed by atoms with Crippen LogP contribution in [0, 0.1) is 0 Å². The minimum absolute atomic E-state index is 0.0511. The summed E-state index contributed by atoms with van der Waals surface area (Å²) in [5.74, 6) is 0. The van der Waals surface area contributed by atoms with E-state index in [1.807, 2.05) is 0 Å². The Bertz CT molecular complexity index is 425. The molecule has 2 unspecified atom stereocenters. The number of hydrogen-bond donors (Lipinski definition) is 2. The Hall–Kier alpha value is -1.06. The maximum absolute atomic E-state index is 10.2. The standard InChI is InChI=1S/C16H26N2O/c1-12-9-13-7-5-6-8-15(13)18(12)11-14(19)10-17-16(2,3)4/h5-8,12,14,17,19H,9-11H2,1-4H3. The van der Waals surface area contributed by atoms with Gasteiger partial charge in [0.25, 0.3) is 0 Å². The molecule has 1 aliphatic rings. The van der Waals surface area contributed by atoms with E-state index in [2.05, 4.69) is 62.2 Å². The summed E-state index contributed by atoms with van der Waals surface area (Å²) in [6.45, 7) is 9.91. The van der Waals surface area contributed by atoms with Gasteiger partial charge in [-0.2, -0.15) is 0 Å². The van der Waals surface area contributed by atoms with Crippen LogP contribution >= 0.6 is 0 Å². The lowest BCUT2D eigenvalue weighted by Gasteiger charge is -2.29. The second-order valence-corrected chi connectivity index (χ2v) is 6.62. The van der Waals surface area contributed by atoms with Crippen molar-refractivity contribution < 1.29 is 5.11 Å². The highest BCUT2D eigenvalue weighted by molar-refractivity contribution is 5.59. The minimum Gasteiger partial charge on any atom is -0.390 e. The van der Waals surface area contributed by atoms with Gasteiger partial charge in [-0.05, 0) is 45.7 Å². The number of fused-ring (bicyclic) bond motifs is 1. The third-order valence-corrected chi connectivity index (χ3v) is 3.62. The van der Waals surface area contributed by atoms with Crippen molar-refractivity contribution in [2.24, 2.45) is 0 Å². The quantitative estimate of drug-likeness (QED) is 0.873. The van der Waals surface area contributed by atoms with Crippen LogP contribution in [0.4, 0.5) is 5.69 Å². The second kappa shape index (κ2) is 5.51. The van der Waals surface area contributed by atoms with Gasteiger partial charge in [0.05, 0.1) is 6.10 Å². The average molecular weight is 262 g/mol. The van der Waals surface area contributed by atoms with Gasteiger partial charge in [-0.25, -0.2) is 0 Å². The summed E-state index contributed by atoms with van der Waals surface area (Å²) in [5, 5.41) is 13.6. The van der Waals surface area contributed by atoms with E-state index in [9.17, 15) is 5.11 Å². The van der Waals surface area contributed by atoms with E-state index < -0.39 is 0 Å². The molecular formula is C16H26N2O. The highest BCUT2D eigenvalue weighted by Crippen LogP contribution is 2.31. The van der Waals surface area contributed by atoms with Crippen LogP contribution in [0.2, 0.25) is 0 Å². The summed E-state index contributed by atoms with van der Waals surface area (Å²) in [4.78, 5) is 2.32. The van der Waals surface area contributed by atoms with Crippen molar-refractivity contribution in [2.45, 2.75) is 51.8 Å². The van der Waals surface area contributed by atoms with Crippen LogP contribution in [0.15, 0.2) is 24.3 Å². The van der Waals surface area contributed by atoms with Crippen molar-refractivity contribution in [3.63, 3.8) is 0 Å². The number of nitrogens with one attached hydrogen (secondary N) is 1. The lowest BCUT2D eigenvalue weighted by atomic mass is 10.1. The summed E-state index contributed by atoms with van der Waals surface area (Å²) in [6.07, 6.45) is 0.739. The molecule has 2 atom stereocenters. The topological polar surface area (TPSA) is 35.5 Å². The number of β-amino-alcohol motifs (C(OH)–C–C–N with tert-alkyl or cyclic N) is 1. The molecule has 0 saturated heterocycles. The molecule has 0 radical (unpaired) electrons. The minimum atomic E-state index is -0.340. The van der Waals surface area contributed by atoms with E-state index >= 15 is 0 Å². The third kappa shape index (κ3) is 3.71. The van der Waals surface area contributed by atoms with E-state index in [0.29, 0.717) is 19.1 Å². The van der Waals surface area contributed by atoms with Crippen LogP contribution in [0.3, 0.4) is 0 Å². The van der Waals surface area contributed by atoms with E-state index in [1.165, 1.54) is 11.3 Å². The van der Waals surface area contributed by atoms with Crippen molar-refractivity contribution in [3.05, 3.63) is 29.8 Å². The Kier molecular flexibility index (Phi) is 4.16. The summed E-state index contributed by atoms with van der Waals surface area (Å²) < 4.78 is 0. The Labute approximate surface area is 116 Å². The zero-order valence-corrected chi connectivity index (χ0v) is 12.5. The molecule has 0 amide bonds. The SMILES string of the molecule is CC1Cc2ccccc2N1CC(O)CNC(C)(C)C. The number of para-hydroxylation sites is 1. The van der Waals surface area contributed by atoms with Gasteiger partial charge in [0.1, 0.15) is 0 Å². The molecule has 0 aromatic heterocycles. The summed E-state index contributed by atoms with van der Waals surface area (Å²) in [6, 6.07) is 8.98. The van der Waals surface area contributed by atoms with E-state index in [0.717, 1.165) is 6.42 Å². The summed E-state index contributed by atoms with van der Waals surface area (Å²) >= 11 is 0. The lowest BCUT2D eigenvalue weighted by molar-refractivity contribution is 0.164. The van der Waals surface area contributed by atoms with Crippen molar-refractivity contribution in [3.8, 4) is 0 Å². The molecule has 19 heavy (non-hydrogen) atoms. The monoisotopic (exact) mass is 262 g/mol. The Morgan fingerprint density at radius 1 is 1.37 bits per heavy atom. The van der Waals surface area contributed by atoms with Gasteiger partial charge in [-0.1, -0.05) is 18.2 Å². The molecule has 0 spiro atoms. The molecule has 3 nitrogen and oxygen atoms in total. The fourth-order valence-electron chi connectivity index (χ4n) is 2.62. The normalized spacial score (nSPS) is 20.5. The van der Waals surface area contributed by atoms with Crippen LogP contribution in [-0.2, 0) is 6.42 Å². The third-order valence-electron chi connectivity index (χ3n) is 3.62. The fraction of sp³-hybridized carbons (Fsp3) is 0.625.